The lowest BCUT2D eigenvalue weighted by molar-refractivity contribution is -0.131. The van der Waals surface area contributed by atoms with Crippen molar-refractivity contribution in [1.82, 2.24) is 10.9 Å². The fourth-order valence-corrected chi connectivity index (χ4v) is 2.47. The van der Waals surface area contributed by atoms with Gasteiger partial charge in [-0.2, -0.15) is 0 Å². The smallest absolute Gasteiger partial charge is 0.339 e. The number of halogens is 1. The Morgan fingerprint density at radius 1 is 1.08 bits per heavy atom. The van der Waals surface area contributed by atoms with E-state index in [9.17, 15) is 18.8 Å². The first-order valence-corrected chi connectivity index (χ1v) is 7.79. The molecule has 7 nitrogen and oxygen atoms in total. The predicted octanol–water partition coefficient (Wildman–Crippen LogP) is 1.65. The lowest BCUT2D eigenvalue weighted by Gasteiger charge is -2.12. The minimum atomic E-state index is -0.695. The van der Waals surface area contributed by atoms with Gasteiger partial charge in [-0.25, -0.2) is 9.18 Å². The van der Waals surface area contributed by atoms with Gasteiger partial charge in [0.05, 0.1) is 12.0 Å². The van der Waals surface area contributed by atoms with E-state index in [4.69, 9.17) is 9.47 Å². The highest BCUT2D eigenvalue weighted by atomic mass is 19.1. The van der Waals surface area contributed by atoms with Crippen LogP contribution in [0.15, 0.2) is 48.5 Å². The monoisotopic (exact) mass is 358 g/mol. The Hall–Kier alpha value is -3.42. The largest absolute Gasteiger partial charge is 0.484 e. The second-order valence-electron chi connectivity index (χ2n) is 5.53. The number of rotatable bonds is 5. The Balaban J connectivity index is 1.44. The zero-order chi connectivity index (χ0) is 18.5. The minimum absolute atomic E-state index is 0.131. The highest BCUT2D eigenvalue weighted by Gasteiger charge is 2.32. The Kier molecular flexibility index (Phi) is 5.12. The number of hydrazine groups is 1. The number of cyclic esters (lactones) is 1. The molecule has 0 saturated heterocycles. The number of esters is 1. The second kappa shape index (κ2) is 7.64. The summed E-state index contributed by atoms with van der Waals surface area (Å²) in [6, 6.07) is 12.1. The van der Waals surface area contributed by atoms with Crippen molar-refractivity contribution in [2.45, 2.75) is 12.5 Å². The lowest BCUT2D eigenvalue weighted by atomic mass is 10.0. The van der Waals surface area contributed by atoms with E-state index in [0.717, 1.165) is 6.07 Å². The van der Waals surface area contributed by atoms with Crippen LogP contribution in [0.3, 0.4) is 0 Å². The molecule has 0 radical (unpaired) electrons. The first-order chi connectivity index (χ1) is 12.5. The maximum absolute atomic E-state index is 13.0. The predicted molar refractivity (Wildman–Crippen MR) is 87.4 cm³/mol. The van der Waals surface area contributed by atoms with Crippen molar-refractivity contribution >= 4 is 17.8 Å². The number of amides is 2. The van der Waals surface area contributed by atoms with E-state index < -0.39 is 36.3 Å². The molecule has 2 N–H and O–H groups in total. The normalized spacial score (nSPS) is 15.0. The molecule has 0 aromatic heterocycles. The fourth-order valence-electron chi connectivity index (χ4n) is 2.47. The molecule has 0 unspecified atom stereocenters. The summed E-state index contributed by atoms with van der Waals surface area (Å²) in [7, 11) is 0. The van der Waals surface area contributed by atoms with Gasteiger partial charge in [-0.3, -0.25) is 20.4 Å². The van der Waals surface area contributed by atoms with Crippen molar-refractivity contribution in [3.05, 3.63) is 65.5 Å². The summed E-state index contributed by atoms with van der Waals surface area (Å²) in [5, 5.41) is 0. The molecule has 2 aromatic carbocycles. The van der Waals surface area contributed by atoms with Gasteiger partial charge in [0.2, 0.25) is 5.91 Å². The SMILES string of the molecule is O=C(COc1cccc(F)c1)NNC(=O)C[C@H]1OC(=O)c2ccccc21. The number of carbonyl (C=O) groups is 3. The molecule has 1 aliphatic heterocycles. The molecule has 0 bridgehead atoms. The van der Waals surface area contributed by atoms with Crippen LogP contribution in [0.5, 0.6) is 5.75 Å². The topological polar surface area (TPSA) is 93.7 Å². The highest BCUT2D eigenvalue weighted by molar-refractivity contribution is 5.94. The van der Waals surface area contributed by atoms with Crippen LogP contribution >= 0.6 is 0 Å². The van der Waals surface area contributed by atoms with Crippen molar-refractivity contribution in [3.8, 4) is 5.75 Å². The Bertz CT molecular complexity index is 855. The number of nitrogens with one attached hydrogen (secondary N) is 2. The molecule has 1 heterocycles. The van der Waals surface area contributed by atoms with Gasteiger partial charge in [0.25, 0.3) is 5.91 Å². The van der Waals surface area contributed by atoms with Crippen LogP contribution < -0.4 is 15.6 Å². The number of benzene rings is 2. The molecule has 0 spiro atoms. The molecular weight excluding hydrogens is 343 g/mol. The molecule has 26 heavy (non-hydrogen) atoms. The third kappa shape index (κ3) is 4.15. The average Bonchev–Trinajstić information content (AvgIpc) is 2.94. The number of ether oxygens (including phenoxy) is 2. The summed E-state index contributed by atoms with van der Waals surface area (Å²) in [4.78, 5) is 35.3. The molecule has 0 saturated carbocycles. The van der Waals surface area contributed by atoms with Crippen LogP contribution in [0, 0.1) is 5.82 Å². The van der Waals surface area contributed by atoms with Crippen LogP contribution in [-0.2, 0) is 14.3 Å². The Labute approximate surface area is 148 Å². The van der Waals surface area contributed by atoms with Crippen molar-refractivity contribution in [1.29, 1.82) is 0 Å². The maximum atomic E-state index is 13.0. The van der Waals surface area contributed by atoms with E-state index in [2.05, 4.69) is 10.9 Å². The summed E-state index contributed by atoms with van der Waals surface area (Å²) >= 11 is 0. The molecular formula is C18H15FN2O5. The summed E-state index contributed by atoms with van der Waals surface area (Å²) < 4.78 is 23.3. The summed E-state index contributed by atoms with van der Waals surface area (Å²) in [5.41, 5.74) is 5.46. The van der Waals surface area contributed by atoms with E-state index in [1.165, 1.54) is 18.2 Å². The van der Waals surface area contributed by atoms with Crippen molar-refractivity contribution < 1.29 is 28.2 Å². The number of carbonyl (C=O) groups excluding carboxylic acids is 3. The molecule has 1 aliphatic rings. The van der Waals surface area contributed by atoms with Crippen molar-refractivity contribution in [3.63, 3.8) is 0 Å². The van der Waals surface area contributed by atoms with Crippen LogP contribution in [-0.4, -0.2) is 24.4 Å². The summed E-state index contributed by atoms with van der Waals surface area (Å²) in [6.45, 7) is -0.398. The van der Waals surface area contributed by atoms with Gasteiger partial charge in [-0.1, -0.05) is 24.3 Å². The average molecular weight is 358 g/mol. The third-order valence-electron chi connectivity index (χ3n) is 3.66. The maximum Gasteiger partial charge on any atom is 0.339 e. The first-order valence-electron chi connectivity index (χ1n) is 7.79. The van der Waals surface area contributed by atoms with Crippen LogP contribution in [0.25, 0.3) is 0 Å². The van der Waals surface area contributed by atoms with Gasteiger partial charge in [0.1, 0.15) is 17.7 Å². The molecule has 0 aliphatic carbocycles. The molecule has 1 atom stereocenters. The third-order valence-corrected chi connectivity index (χ3v) is 3.66. The van der Waals surface area contributed by atoms with Crippen molar-refractivity contribution in [2.75, 3.05) is 6.61 Å². The number of fused-ring (bicyclic) bond motifs is 1. The van der Waals surface area contributed by atoms with Crippen LogP contribution in [0.1, 0.15) is 28.4 Å². The Morgan fingerprint density at radius 2 is 1.85 bits per heavy atom. The van der Waals surface area contributed by atoms with Gasteiger partial charge in [-0.15, -0.1) is 0 Å². The summed E-state index contributed by atoms with van der Waals surface area (Å²) in [5.74, 6) is -1.92. The van der Waals surface area contributed by atoms with Gasteiger partial charge in [-0.05, 0) is 18.2 Å². The zero-order valence-corrected chi connectivity index (χ0v) is 13.5. The molecule has 134 valence electrons. The van der Waals surface area contributed by atoms with Crippen molar-refractivity contribution in [2.24, 2.45) is 0 Å². The van der Waals surface area contributed by atoms with Gasteiger partial charge < -0.3 is 9.47 Å². The Morgan fingerprint density at radius 3 is 2.65 bits per heavy atom. The van der Waals surface area contributed by atoms with Crippen LogP contribution in [0.2, 0.25) is 0 Å². The number of hydrogen-bond acceptors (Lipinski definition) is 5. The van der Waals surface area contributed by atoms with Gasteiger partial charge >= 0.3 is 5.97 Å². The van der Waals surface area contributed by atoms with E-state index in [1.54, 1.807) is 24.3 Å². The summed E-state index contributed by atoms with van der Waals surface area (Å²) in [6.07, 6.45) is -0.826. The number of hydrogen-bond donors (Lipinski definition) is 2. The van der Waals surface area contributed by atoms with E-state index in [-0.39, 0.29) is 12.2 Å². The molecule has 8 heteroatoms. The van der Waals surface area contributed by atoms with E-state index in [0.29, 0.717) is 11.1 Å². The molecule has 2 amide bonds. The minimum Gasteiger partial charge on any atom is -0.484 e. The molecule has 0 fully saturated rings. The fraction of sp³-hybridized carbons (Fsp3) is 0.167. The standard InChI is InChI=1S/C18H15FN2O5/c19-11-4-3-5-12(8-11)25-10-17(23)21-20-16(22)9-15-13-6-1-2-7-14(13)18(24)26-15/h1-8,15H,9-10H2,(H,20,22)(H,21,23)/t15-/m1/s1. The molecule has 3 rings (SSSR count). The zero-order valence-electron chi connectivity index (χ0n) is 13.5. The first kappa shape index (κ1) is 17.4. The lowest BCUT2D eigenvalue weighted by Crippen LogP contribution is -2.44. The second-order valence-corrected chi connectivity index (χ2v) is 5.53. The van der Waals surface area contributed by atoms with E-state index >= 15 is 0 Å². The van der Waals surface area contributed by atoms with Gasteiger partial charge in [0, 0.05) is 11.6 Å². The van der Waals surface area contributed by atoms with Gasteiger partial charge in [0.15, 0.2) is 6.61 Å². The highest BCUT2D eigenvalue weighted by Crippen LogP contribution is 2.32. The van der Waals surface area contributed by atoms with Crippen LogP contribution in [0.4, 0.5) is 4.39 Å². The molecule has 2 aromatic rings. The quantitative estimate of drug-likeness (QED) is 0.626. The van der Waals surface area contributed by atoms with E-state index in [1.807, 2.05) is 0 Å².